The first-order valence-corrected chi connectivity index (χ1v) is 9.92. The summed E-state index contributed by atoms with van der Waals surface area (Å²) in [7, 11) is 0. The lowest BCUT2D eigenvalue weighted by molar-refractivity contribution is -0.146. The average Bonchev–Trinajstić information content (AvgIpc) is 2.93. The van der Waals surface area contributed by atoms with Gasteiger partial charge in [-0.15, -0.1) is 0 Å². The van der Waals surface area contributed by atoms with Gasteiger partial charge in [0.1, 0.15) is 6.04 Å². The molecule has 3 amide bonds. The molecule has 4 aliphatic rings. The second kappa shape index (κ2) is 6.65. The van der Waals surface area contributed by atoms with Crippen molar-refractivity contribution in [2.45, 2.75) is 32.2 Å². The number of benzene rings is 1. The summed E-state index contributed by atoms with van der Waals surface area (Å²) < 4.78 is 0.916. The zero-order valence-electron chi connectivity index (χ0n) is 14.5. The number of anilines is 1. The Kier molecular flexibility index (Phi) is 4.47. The third-order valence-corrected chi connectivity index (χ3v) is 6.43. The number of carbonyl (C=O) groups excluding carboxylic acids is 3. The summed E-state index contributed by atoms with van der Waals surface area (Å²) in [5.74, 6) is -0.928. The number of allylic oxidation sites excluding steroid dienone is 2. The van der Waals surface area contributed by atoms with Gasteiger partial charge in [0.25, 0.3) is 0 Å². The molecule has 5 atom stereocenters. The Morgan fingerprint density at radius 2 is 1.65 bits per heavy atom. The smallest absolute Gasteiger partial charge is 0.247 e. The molecule has 1 aromatic carbocycles. The molecular formula is C20H21BrN2O3. The number of nitrogens with zero attached hydrogens (tertiary/aromatic N) is 1. The van der Waals surface area contributed by atoms with Crippen LogP contribution in [-0.2, 0) is 14.4 Å². The Labute approximate surface area is 160 Å². The molecule has 0 radical (unpaired) electrons. The van der Waals surface area contributed by atoms with Gasteiger partial charge in [0.05, 0.1) is 11.8 Å². The van der Waals surface area contributed by atoms with Gasteiger partial charge in [0, 0.05) is 10.2 Å². The molecule has 5 nitrogen and oxygen atoms in total. The van der Waals surface area contributed by atoms with Crippen molar-refractivity contribution in [2.24, 2.45) is 23.7 Å². The third kappa shape index (κ3) is 2.71. The van der Waals surface area contributed by atoms with E-state index in [2.05, 4.69) is 33.4 Å². The second-order valence-corrected chi connectivity index (χ2v) is 8.22. The molecule has 2 fully saturated rings. The van der Waals surface area contributed by atoms with Crippen molar-refractivity contribution in [3.63, 3.8) is 0 Å². The van der Waals surface area contributed by atoms with Gasteiger partial charge in [-0.3, -0.25) is 19.3 Å². The normalized spacial score (nSPS) is 30.5. The van der Waals surface area contributed by atoms with E-state index in [4.69, 9.17) is 0 Å². The predicted molar refractivity (Wildman–Crippen MR) is 101 cm³/mol. The van der Waals surface area contributed by atoms with E-state index < -0.39 is 6.04 Å². The van der Waals surface area contributed by atoms with Crippen LogP contribution in [0.4, 0.5) is 5.69 Å². The van der Waals surface area contributed by atoms with Gasteiger partial charge in [-0.2, -0.15) is 0 Å². The fourth-order valence-electron chi connectivity index (χ4n) is 4.65. The first-order chi connectivity index (χ1) is 12.5. The Morgan fingerprint density at radius 1 is 1.12 bits per heavy atom. The van der Waals surface area contributed by atoms with E-state index >= 15 is 0 Å². The van der Waals surface area contributed by atoms with Gasteiger partial charge < -0.3 is 5.32 Å². The first kappa shape index (κ1) is 17.5. The predicted octanol–water partition coefficient (Wildman–Crippen LogP) is 3.36. The number of nitrogens with one attached hydrogen (secondary N) is 1. The monoisotopic (exact) mass is 416 g/mol. The van der Waals surface area contributed by atoms with Gasteiger partial charge >= 0.3 is 0 Å². The molecule has 1 heterocycles. The van der Waals surface area contributed by atoms with Crippen molar-refractivity contribution in [3.05, 3.63) is 40.9 Å². The number of fused-ring (bicyclic) bond motifs is 1. The maximum absolute atomic E-state index is 13.0. The lowest BCUT2D eigenvalue weighted by Crippen LogP contribution is -2.47. The zero-order chi connectivity index (χ0) is 18.4. The second-order valence-electron chi connectivity index (χ2n) is 7.31. The highest BCUT2D eigenvalue weighted by molar-refractivity contribution is 9.10. The van der Waals surface area contributed by atoms with Crippen LogP contribution in [0.5, 0.6) is 0 Å². The van der Waals surface area contributed by atoms with E-state index in [9.17, 15) is 14.4 Å². The van der Waals surface area contributed by atoms with Gasteiger partial charge in [0.15, 0.2) is 0 Å². The Balaban J connectivity index is 1.56. The molecule has 1 saturated heterocycles. The van der Waals surface area contributed by atoms with Crippen molar-refractivity contribution in [3.8, 4) is 0 Å². The highest BCUT2D eigenvalue weighted by Gasteiger charge is 2.58. The summed E-state index contributed by atoms with van der Waals surface area (Å²) in [5.41, 5.74) is 0.648. The fourth-order valence-corrected chi connectivity index (χ4v) is 4.91. The van der Waals surface area contributed by atoms with Crippen LogP contribution in [0.3, 0.4) is 0 Å². The quantitative estimate of drug-likeness (QED) is 0.604. The maximum Gasteiger partial charge on any atom is 0.247 e. The van der Waals surface area contributed by atoms with Crippen molar-refractivity contribution in [1.29, 1.82) is 0 Å². The van der Waals surface area contributed by atoms with Crippen LogP contribution in [0.2, 0.25) is 0 Å². The fraction of sp³-hybridized carbons (Fsp3) is 0.450. The molecule has 5 unspecified atom stereocenters. The molecule has 136 valence electrons. The van der Waals surface area contributed by atoms with Crippen LogP contribution in [0.15, 0.2) is 40.9 Å². The topological polar surface area (TPSA) is 66.5 Å². The lowest BCUT2D eigenvalue weighted by atomic mass is 9.63. The highest BCUT2D eigenvalue weighted by atomic mass is 79.9. The minimum absolute atomic E-state index is 0.137. The lowest BCUT2D eigenvalue weighted by Gasteiger charge is -2.38. The van der Waals surface area contributed by atoms with Gasteiger partial charge in [-0.25, -0.2) is 0 Å². The van der Waals surface area contributed by atoms with E-state index in [1.807, 2.05) is 19.1 Å². The number of carbonyl (C=O) groups is 3. The maximum atomic E-state index is 13.0. The van der Waals surface area contributed by atoms with E-state index in [-0.39, 0.29) is 41.4 Å². The Hall–Kier alpha value is -1.95. The molecule has 2 bridgehead atoms. The number of likely N-dealkylation sites (tertiary alicyclic amines) is 1. The number of halogens is 1. The molecule has 0 aromatic heterocycles. The first-order valence-electron chi connectivity index (χ1n) is 9.13. The number of rotatable bonds is 4. The third-order valence-electron chi connectivity index (χ3n) is 5.91. The van der Waals surface area contributed by atoms with Crippen LogP contribution in [0.25, 0.3) is 0 Å². The van der Waals surface area contributed by atoms with Crippen molar-refractivity contribution < 1.29 is 14.4 Å². The van der Waals surface area contributed by atoms with Gasteiger partial charge in [0.2, 0.25) is 17.7 Å². The number of imide groups is 1. The van der Waals surface area contributed by atoms with Crippen molar-refractivity contribution in [1.82, 2.24) is 4.90 Å². The molecule has 6 heteroatoms. The van der Waals surface area contributed by atoms with Gasteiger partial charge in [-0.1, -0.05) is 35.0 Å². The van der Waals surface area contributed by atoms with Crippen LogP contribution in [-0.4, -0.2) is 28.7 Å². The van der Waals surface area contributed by atoms with Gasteiger partial charge in [-0.05, 0) is 55.4 Å². The Morgan fingerprint density at radius 3 is 2.12 bits per heavy atom. The molecule has 3 aliphatic carbocycles. The minimum Gasteiger partial charge on any atom is -0.324 e. The average molecular weight is 417 g/mol. The Bertz CT molecular complexity index is 757. The molecule has 1 saturated carbocycles. The van der Waals surface area contributed by atoms with Crippen LogP contribution >= 0.6 is 15.9 Å². The largest absolute Gasteiger partial charge is 0.324 e. The summed E-state index contributed by atoms with van der Waals surface area (Å²) in [6.07, 6.45) is 6.50. The molecule has 1 aliphatic heterocycles. The zero-order valence-corrected chi connectivity index (χ0v) is 16.1. The molecular weight excluding hydrogens is 396 g/mol. The molecule has 1 N–H and O–H groups in total. The summed E-state index contributed by atoms with van der Waals surface area (Å²) >= 11 is 3.36. The van der Waals surface area contributed by atoms with E-state index in [1.165, 1.54) is 4.90 Å². The van der Waals surface area contributed by atoms with Crippen LogP contribution in [0, 0.1) is 23.7 Å². The van der Waals surface area contributed by atoms with E-state index in [0.717, 1.165) is 17.3 Å². The summed E-state index contributed by atoms with van der Waals surface area (Å²) in [6.45, 7) is 1.83. The number of hydrogen-bond donors (Lipinski definition) is 1. The van der Waals surface area contributed by atoms with Crippen molar-refractivity contribution in [2.75, 3.05) is 5.32 Å². The van der Waals surface area contributed by atoms with Crippen LogP contribution in [0.1, 0.15) is 26.2 Å². The van der Waals surface area contributed by atoms with E-state index in [1.54, 1.807) is 12.1 Å². The summed E-state index contributed by atoms with van der Waals surface area (Å²) in [5, 5.41) is 2.84. The molecule has 26 heavy (non-hydrogen) atoms. The highest BCUT2D eigenvalue weighted by Crippen LogP contribution is 2.50. The standard InChI is InChI=1S/C20H21BrN2O3/c1-2-15(18(24)22-14-9-7-13(21)8-10-14)23-19(25)16-11-3-4-12(6-5-11)17(16)20(23)26/h3-4,7-12,15-17H,2,5-6H2,1H3,(H,22,24). The van der Waals surface area contributed by atoms with E-state index in [0.29, 0.717) is 12.1 Å². The molecule has 0 spiro atoms. The number of hydrogen-bond acceptors (Lipinski definition) is 3. The van der Waals surface area contributed by atoms with Crippen molar-refractivity contribution >= 4 is 39.3 Å². The summed E-state index contributed by atoms with van der Waals surface area (Å²) in [6, 6.07) is 6.48. The van der Waals surface area contributed by atoms with Crippen LogP contribution < -0.4 is 5.32 Å². The summed E-state index contributed by atoms with van der Waals surface area (Å²) in [4.78, 5) is 40.1. The molecule has 5 rings (SSSR count). The SMILES string of the molecule is CCC(C(=O)Nc1ccc(Br)cc1)N1C(=O)C2C3C=CC(CC3)C2C1=O. The molecule has 1 aromatic rings. The number of amides is 3. The minimum atomic E-state index is -0.761.